The lowest BCUT2D eigenvalue weighted by atomic mass is 9.87. The molecular formula is C17H15FN4O2. The predicted molar refractivity (Wildman–Crippen MR) is 80.6 cm³/mol. The summed E-state index contributed by atoms with van der Waals surface area (Å²) in [6.07, 6.45) is 6.63. The van der Waals surface area contributed by atoms with Crippen molar-refractivity contribution in [2.75, 3.05) is 13.1 Å². The highest BCUT2D eigenvalue weighted by Gasteiger charge is 2.53. The van der Waals surface area contributed by atoms with Gasteiger partial charge in [0.25, 0.3) is 5.91 Å². The van der Waals surface area contributed by atoms with Gasteiger partial charge in [-0.25, -0.2) is 14.4 Å². The van der Waals surface area contributed by atoms with Crippen molar-refractivity contribution in [1.82, 2.24) is 19.9 Å². The molecule has 0 unspecified atom stereocenters. The summed E-state index contributed by atoms with van der Waals surface area (Å²) >= 11 is 0. The molecule has 1 amide bonds. The van der Waals surface area contributed by atoms with Gasteiger partial charge in [0.1, 0.15) is 11.4 Å². The molecule has 1 saturated carbocycles. The van der Waals surface area contributed by atoms with E-state index in [1.165, 1.54) is 12.3 Å². The molecule has 0 atom stereocenters. The molecule has 1 spiro atoms. The van der Waals surface area contributed by atoms with Crippen molar-refractivity contribution in [3.8, 4) is 0 Å². The highest BCUT2D eigenvalue weighted by molar-refractivity contribution is 5.95. The molecule has 0 radical (unpaired) electrons. The summed E-state index contributed by atoms with van der Waals surface area (Å²) in [5.74, 6) is 0.461. The molecule has 4 heterocycles. The molecule has 6 nitrogen and oxygen atoms in total. The van der Waals surface area contributed by atoms with E-state index < -0.39 is 11.4 Å². The Balaban J connectivity index is 1.37. The molecular weight excluding hydrogens is 311 g/mol. The molecule has 5 rings (SSSR count). The maximum atomic E-state index is 13.7. The van der Waals surface area contributed by atoms with Crippen molar-refractivity contribution in [3.05, 3.63) is 53.1 Å². The van der Waals surface area contributed by atoms with E-state index in [-0.39, 0.29) is 11.5 Å². The van der Waals surface area contributed by atoms with Crippen molar-refractivity contribution in [2.24, 2.45) is 0 Å². The maximum Gasteiger partial charge on any atom is 0.257 e. The van der Waals surface area contributed by atoms with Gasteiger partial charge < -0.3 is 9.64 Å². The van der Waals surface area contributed by atoms with Gasteiger partial charge in [-0.1, -0.05) is 0 Å². The lowest BCUT2D eigenvalue weighted by molar-refractivity contribution is -0.126. The first kappa shape index (κ1) is 14.0. The largest absolute Gasteiger partial charge is 0.360 e. The fraction of sp³-hybridized carbons (Fsp3) is 0.412. The summed E-state index contributed by atoms with van der Waals surface area (Å²) in [6.45, 7) is 1.24. The average molecular weight is 326 g/mol. The van der Waals surface area contributed by atoms with Gasteiger partial charge in [0, 0.05) is 23.9 Å². The Morgan fingerprint density at radius 1 is 1.33 bits per heavy atom. The molecule has 0 N–H and O–H groups in total. The van der Waals surface area contributed by atoms with Crippen LogP contribution < -0.4 is 0 Å². The normalized spacial score (nSPS) is 20.8. The maximum absolute atomic E-state index is 13.7. The van der Waals surface area contributed by atoms with Crippen LogP contribution in [0.3, 0.4) is 0 Å². The lowest BCUT2D eigenvalue weighted by Crippen LogP contribution is -2.61. The Morgan fingerprint density at radius 2 is 2.17 bits per heavy atom. The number of nitrogens with zero attached hydrogens (tertiary/aromatic N) is 4. The molecule has 0 bridgehead atoms. The number of halogens is 1. The van der Waals surface area contributed by atoms with Crippen LogP contribution in [0, 0.1) is 5.82 Å². The lowest BCUT2D eigenvalue weighted by Gasteiger charge is -2.47. The van der Waals surface area contributed by atoms with E-state index in [2.05, 4.69) is 15.0 Å². The fourth-order valence-electron chi connectivity index (χ4n) is 3.44. The second-order valence-corrected chi connectivity index (χ2v) is 6.66. The number of fused-ring (bicyclic) bond motifs is 2. The van der Waals surface area contributed by atoms with E-state index in [9.17, 15) is 9.18 Å². The Labute approximate surface area is 137 Å². The van der Waals surface area contributed by atoms with Gasteiger partial charge >= 0.3 is 0 Å². The number of likely N-dealkylation sites (tertiary alicyclic amines) is 1. The van der Waals surface area contributed by atoms with Crippen molar-refractivity contribution in [1.29, 1.82) is 0 Å². The molecule has 24 heavy (non-hydrogen) atoms. The summed E-state index contributed by atoms with van der Waals surface area (Å²) in [6, 6.07) is 1.40. The monoisotopic (exact) mass is 326 g/mol. The number of carbonyl (C=O) groups is 1. The van der Waals surface area contributed by atoms with Crippen LogP contribution in [0.4, 0.5) is 4.39 Å². The van der Waals surface area contributed by atoms with Crippen molar-refractivity contribution < 1.29 is 13.9 Å². The number of carbonyl (C=O) groups excluding carboxylic acids is 1. The van der Waals surface area contributed by atoms with Gasteiger partial charge in [0.05, 0.1) is 37.2 Å². The highest BCUT2D eigenvalue weighted by Crippen LogP contribution is 2.44. The smallest absolute Gasteiger partial charge is 0.257 e. The van der Waals surface area contributed by atoms with Gasteiger partial charge in [0.15, 0.2) is 5.82 Å². The van der Waals surface area contributed by atoms with Crippen LogP contribution >= 0.6 is 0 Å². The van der Waals surface area contributed by atoms with Crippen LogP contribution in [-0.2, 0) is 16.9 Å². The zero-order chi connectivity index (χ0) is 16.3. The number of hydrogen-bond acceptors (Lipinski definition) is 5. The Bertz CT molecular complexity index is 846. The molecule has 2 aromatic heterocycles. The third-order valence-corrected chi connectivity index (χ3v) is 4.99. The van der Waals surface area contributed by atoms with Crippen molar-refractivity contribution >= 4 is 5.91 Å². The van der Waals surface area contributed by atoms with E-state index in [4.69, 9.17) is 4.74 Å². The van der Waals surface area contributed by atoms with Gasteiger partial charge in [-0.2, -0.15) is 0 Å². The van der Waals surface area contributed by atoms with E-state index in [1.807, 2.05) is 6.20 Å². The third-order valence-electron chi connectivity index (χ3n) is 4.99. The van der Waals surface area contributed by atoms with Gasteiger partial charge in [0.2, 0.25) is 0 Å². The zero-order valence-corrected chi connectivity index (χ0v) is 12.9. The quantitative estimate of drug-likeness (QED) is 0.841. The number of aromatic nitrogens is 3. The minimum absolute atomic E-state index is 0.0402. The first-order valence-electron chi connectivity index (χ1n) is 8.05. The van der Waals surface area contributed by atoms with E-state index in [0.29, 0.717) is 25.6 Å². The van der Waals surface area contributed by atoms with Gasteiger partial charge in [-0.15, -0.1) is 0 Å². The molecule has 3 aliphatic rings. The third kappa shape index (κ3) is 1.97. The van der Waals surface area contributed by atoms with Crippen LogP contribution in [-0.4, -0.2) is 38.8 Å². The number of pyridine rings is 1. The highest BCUT2D eigenvalue weighted by atomic mass is 19.1. The summed E-state index contributed by atoms with van der Waals surface area (Å²) in [4.78, 5) is 26.8. The Hall–Kier alpha value is -2.41. The molecule has 1 saturated heterocycles. The van der Waals surface area contributed by atoms with Crippen LogP contribution in [0.2, 0.25) is 0 Å². The average Bonchev–Trinajstić information content (AvgIpc) is 3.33. The first-order valence-corrected chi connectivity index (χ1v) is 8.05. The van der Waals surface area contributed by atoms with Crippen LogP contribution in [0.1, 0.15) is 46.2 Å². The number of amides is 1. The van der Waals surface area contributed by atoms with E-state index >= 15 is 0 Å². The Kier molecular flexibility index (Phi) is 2.79. The molecule has 2 fully saturated rings. The zero-order valence-electron chi connectivity index (χ0n) is 12.9. The second kappa shape index (κ2) is 4.80. The number of ether oxygens (including phenoxy) is 1. The van der Waals surface area contributed by atoms with Crippen molar-refractivity contribution in [2.45, 2.75) is 31.0 Å². The minimum Gasteiger partial charge on any atom is -0.360 e. The van der Waals surface area contributed by atoms with E-state index in [0.717, 1.165) is 36.1 Å². The predicted octanol–water partition coefficient (Wildman–Crippen LogP) is 1.77. The van der Waals surface area contributed by atoms with Gasteiger partial charge in [-0.3, -0.25) is 9.78 Å². The second-order valence-electron chi connectivity index (χ2n) is 6.66. The Morgan fingerprint density at radius 3 is 2.92 bits per heavy atom. The standard InChI is InChI=1S/C17H15FN4O2/c18-13-6-19-4-3-11(13)16(23)22-8-17(9-22)12-5-20-15(10-1-2-10)21-14(12)7-24-17/h3-6,10H,1-2,7-9H2. The molecule has 122 valence electrons. The molecule has 0 aromatic carbocycles. The van der Waals surface area contributed by atoms with Crippen LogP contribution in [0.25, 0.3) is 0 Å². The SMILES string of the molecule is O=C(c1ccncc1F)N1CC2(C1)OCc1nc(C3CC3)ncc12. The molecule has 2 aliphatic heterocycles. The van der Waals surface area contributed by atoms with E-state index in [1.54, 1.807) is 4.90 Å². The minimum atomic E-state index is -0.603. The number of rotatable bonds is 2. The topological polar surface area (TPSA) is 68.2 Å². The van der Waals surface area contributed by atoms with Crippen LogP contribution in [0.5, 0.6) is 0 Å². The number of hydrogen-bond donors (Lipinski definition) is 0. The van der Waals surface area contributed by atoms with Crippen LogP contribution in [0.15, 0.2) is 24.7 Å². The summed E-state index contributed by atoms with van der Waals surface area (Å²) in [5, 5.41) is 0. The summed E-state index contributed by atoms with van der Waals surface area (Å²) in [5.41, 5.74) is 1.40. The fourth-order valence-corrected chi connectivity index (χ4v) is 3.44. The molecule has 1 aliphatic carbocycles. The first-order chi connectivity index (χ1) is 11.7. The summed E-state index contributed by atoms with van der Waals surface area (Å²) in [7, 11) is 0. The van der Waals surface area contributed by atoms with Gasteiger partial charge in [-0.05, 0) is 18.9 Å². The molecule has 7 heteroatoms. The summed E-state index contributed by atoms with van der Waals surface area (Å²) < 4.78 is 19.7. The molecule has 2 aromatic rings. The van der Waals surface area contributed by atoms with Crippen molar-refractivity contribution in [3.63, 3.8) is 0 Å².